The zero-order valence-electron chi connectivity index (χ0n) is 14.9. The highest BCUT2D eigenvalue weighted by Gasteiger charge is 2.29. The Morgan fingerprint density at radius 1 is 1.21 bits per heavy atom. The van der Waals surface area contributed by atoms with Gasteiger partial charge in [-0.05, 0) is 57.5 Å². The van der Waals surface area contributed by atoms with Crippen molar-refractivity contribution in [2.45, 2.75) is 33.7 Å². The minimum atomic E-state index is -0.0622. The summed E-state index contributed by atoms with van der Waals surface area (Å²) in [5.74, 6) is 2.06. The van der Waals surface area contributed by atoms with E-state index in [1.54, 1.807) is 0 Å². The van der Waals surface area contributed by atoms with Crippen LogP contribution >= 0.6 is 12.4 Å². The quantitative estimate of drug-likeness (QED) is 0.751. The van der Waals surface area contributed by atoms with Crippen molar-refractivity contribution in [3.8, 4) is 11.5 Å². The van der Waals surface area contributed by atoms with Crippen LogP contribution in [0.1, 0.15) is 39.3 Å². The zero-order chi connectivity index (χ0) is 16.8. The topological polar surface area (TPSA) is 59.6 Å². The predicted octanol–water partition coefficient (Wildman–Crippen LogP) is 2.94. The Bertz CT molecular complexity index is 535. The summed E-state index contributed by atoms with van der Waals surface area (Å²) in [4.78, 5) is 12.3. The van der Waals surface area contributed by atoms with E-state index in [-0.39, 0.29) is 30.3 Å². The lowest BCUT2D eigenvalue weighted by Gasteiger charge is -2.32. The van der Waals surface area contributed by atoms with Gasteiger partial charge in [-0.25, -0.2) is 0 Å². The van der Waals surface area contributed by atoms with Crippen molar-refractivity contribution in [1.29, 1.82) is 0 Å². The number of ether oxygens (including phenoxy) is 2. The van der Waals surface area contributed by atoms with Crippen molar-refractivity contribution < 1.29 is 14.3 Å². The monoisotopic (exact) mass is 356 g/mol. The van der Waals surface area contributed by atoms with Gasteiger partial charge in [0.2, 0.25) is 5.91 Å². The van der Waals surface area contributed by atoms with Crippen LogP contribution in [-0.2, 0) is 4.79 Å². The normalized spacial score (nSPS) is 16.3. The van der Waals surface area contributed by atoms with E-state index in [0.717, 1.165) is 30.2 Å². The summed E-state index contributed by atoms with van der Waals surface area (Å²) < 4.78 is 11.2. The lowest BCUT2D eigenvalue weighted by molar-refractivity contribution is -0.127. The zero-order valence-corrected chi connectivity index (χ0v) is 15.7. The van der Waals surface area contributed by atoms with Gasteiger partial charge < -0.3 is 20.1 Å². The van der Waals surface area contributed by atoms with Crippen molar-refractivity contribution in [2.24, 2.45) is 11.8 Å². The van der Waals surface area contributed by atoms with Crippen molar-refractivity contribution in [2.75, 3.05) is 26.3 Å². The van der Waals surface area contributed by atoms with E-state index >= 15 is 0 Å². The van der Waals surface area contributed by atoms with Crippen LogP contribution in [0.2, 0.25) is 0 Å². The Balaban J connectivity index is 0.00000288. The van der Waals surface area contributed by atoms with Gasteiger partial charge in [-0.15, -0.1) is 12.4 Å². The van der Waals surface area contributed by atoms with Crippen molar-refractivity contribution in [3.63, 3.8) is 0 Å². The van der Waals surface area contributed by atoms with Gasteiger partial charge >= 0.3 is 0 Å². The number of carbonyl (C=O) groups excluding carboxylic acids is 1. The van der Waals surface area contributed by atoms with E-state index < -0.39 is 0 Å². The molecule has 0 spiro atoms. The molecule has 0 radical (unpaired) electrons. The first kappa shape index (κ1) is 20.6. The molecule has 1 fully saturated rings. The number of halogens is 1. The molecule has 1 aliphatic heterocycles. The second-order valence-electron chi connectivity index (χ2n) is 6.01. The Morgan fingerprint density at radius 3 is 2.38 bits per heavy atom. The number of rotatable bonds is 8. The van der Waals surface area contributed by atoms with Crippen LogP contribution in [0.5, 0.6) is 11.5 Å². The molecule has 6 heteroatoms. The Kier molecular flexibility index (Phi) is 8.36. The molecule has 2 atom stereocenters. The molecule has 1 saturated heterocycles. The maximum atomic E-state index is 12.3. The van der Waals surface area contributed by atoms with Crippen LogP contribution in [0.4, 0.5) is 0 Å². The third kappa shape index (κ3) is 5.02. The minimum Gasteiger partial charge on any atom is -0.490 e. The third-order valence-electron chi connectivity index (χ3n) is 4.36. The van der Waals surface area contributed by atoms with E-state index in [1.165, 1.54) is 0 Å². The smallest absolute Gasteiger partial charge is 0.223 e. The lowest BCUT2D eigenvalue weighted by Crippen LogP contribution is -2.49. The average Bonchev–Trinajstić information content (AvgIpc) is 2.47. The van der Waals surface area contributed by atoms with Gasteiger partial charge in [0.1, 0.15) is 0 Å². The fourth-order valence-electron chi connectivity index (χ4n) is 2.64. The van der Waals surface area contributed by atoms with Crippen LogP contribution in [0.15, 0.2) is 18.2 Å². The van der Waals surface area contributed by atoms with Crippen LogP contribution in [0.3, 0.4) is 0 Å². The van der Waals surface area contributed by atoms with Crippen molar-refractivity contribution >= 4 is 18.3 Å². The second kappa shape index (κ2) is 9.74. The fourth-order valence-corrected chi connectivity index (χ4v) is 2.64. The first-order valence-corrected chi connectivity index (χ1v) is 8.47. The Labute approximate surface area is 150 Å². The standard InChI is InChI=1S/C18H28N2O3.ClH/c1-5-22-16-8-7-14(9-17(16)23-6-2)13(4)20-18(21)12(3)15-10-19-11-15;/h7-9,12-13,15,19H,5-6,10-11H2,1-4H3,(H,20,21);1H. The largest absolute Gasteiger partial charge is 0.490 e. The summed E-state index contributed by atoms with van der Waals surface area (Å²) in [6.07, 6.45) is 0. The highest BCUT2D eigenvalue weighted by atomic mass is 35.5. The summed E-state index contributed by atoms with van der Waals surface area (Å²) in [6.45, 7) is 10.9. The summed E-state index contributed by atoms with van der Waals surface area (Å²) >= 11 is 0. The number of hydrogen-bond donors (Lipinski definition) is 2. The molecule has 24 heavy (non-hydrogen) atoms. The van der Waals surface area contributed by atoms with Gasteiger partial charge in [-0.1, -0.05) is 13.0 Å². The number of carbonyl (C=O) groups is 1. The van der Waals surface area contributed by atoms with E-state index in [4.69, 9.17) is 9.47 Å². The maximum absolute atomic E-state index is 12.3. The Hall–Kier alpha value is -1.46. The number of nitrogens with one attached hydrogen (secondary N) is 2. The van der Waals surface area contributed by atoms with Gasteiger partial charge in [0.05, 0.1) is 19.3 Å². The fraction of sp³-hybridized carbons (Fsp3) is 0.611. The molecule has 0 aromatic heterocycles. The summed E-state index contributed by atoms with van der Waals surface area (Å²) in [5.41, 5.74) is 1.02. The molecule has 2 rings (SSSR count). The van der Waals surface area contributed by atoms with E-state index in [2.05, 4.69) is 10.6 Å². The van der Waals surface area contributed by atoms with Gasteiger partial charge in [-0.3, -0.25) is 4.79 Å². The highest BCUT2D eigenvalue weighted by Crippen LogP contribution is 2.31. The molecule has 2 unspecified atom stereocenters. The van der Waals surface area contributed by atoms with E-state index in [9.17, 15) is 4.79 Å². The molecule has 1 aliphatic rings. The summed E-state index contributed by atoms with van der Waals surface area (Å²) in [5, 5.41) is 6.31. The molecule has 5 nitrogen and oxygen atoms in total. The summed E-state index contributed by atoms with van der Waals surface area (Å²) in [6, 6.07) is 5.78. The van der Waals surface area contributed by atoms with Gasteiger partial charge in [-0.2, -0.15) is 0 Å². The first-order valence-electron chi connectivity index (χ1n) is 8.47. The van der Waals surface area contributed by atoms with Crippen LogP contribution in [-0.4, -0.2) is 32.2 Å². The highest BCUT2D eigenvalue weighted by molar-refractivity contribution is 5.85. The SMILES string of the molecule is CCOc1ccc(C(C)NC(=O)C(C)C2CNC2)cc1OCC.Cl. The Morgan fingerprint density at radius 2 is 1.83 bits per heavy atom. The predicted molar refractivity (Wildman–Crippen MR) is 98.1 cm³/mol. The molecule has 1 heterocycles. The van der Waals surface area contributed by atoms with Crippen LogP contribution < -0.4 is 20.1 Å². The molecule has 2 N–H and O–H groups in total. The number of hydrogen-bond acceptors (Lipinski definition) is 4. The molecule has 0 saturated carbocycles. The molecule has 1 amide bonds. The van der Waals surface area contributed by atoms with Gasteiger partial charge in [0.25, 0.3) is 0 Å². The van der Waals surface area contributed by atoms with Crippen molar-refractivity contribution in [1.82, 2.24) is 10.6 Å². The average molecular weight is 357 g/mol. The molecular weight excluding hydrogens is 328 g/mol. The minimum absolute atomic E-state index is 0. The van der Waals surface area contributed by atoms with E-state index in [0.29, 0.717) is 19.1 Å². The molecule has 1 aromatic rings. The van der Waals surface area contributed by atoms with Crippen molar-refractivity contribution in [3.05, 3.63) is 23.8 Å². The van der Waals surface area contributed by atoms with Gasteiger partial charge in [0.15, 0.2) is 11.5 Å². The molecule has 136 valence electrons. The third-order valence-corrected chi connectivity index (χ3v) is 4.36. The van der Waals surface area contributed by atoms with Crippen LogP contribution in [0.25, 0.3) is 0 Å². The van der Waals surface area contributed by atoms with Crippen LogP contribution in [0, 0.1) is 11.8 Å². The van der Waals surface area contributed by atoms with E-state index in [1.807, 2.05) is 45.9 Å². The van der Waals surface area contributed by atoms with Gasteiger partial charge in [0, 0.05) is 5.92 Å². The maximum Gasteiger partial charge on any atom is 0.223 e. The summed E-state index contributed by atoms with van der Waals surface area (Å²) in [7, 11) is 0. The number of amides is 1. The lowest BCUT2D eigenvalue weighted by atomic mass is 9.88. The first-order chi connectivity index (χ1) is 11.1. The number of benzene rings is 1. The second-order valence-corrected chi connectivity index (χ2v) is 6.01. The molecule has 0 aliphatic carbocycles. The molecule has 0 bridgehead atoms. The molecular formula is C18H29ClN2O3. The molecule has 1 aromatic carbocycles.